The van der Waals surface area contributed by atoms with E-state index in [-0.39, 0.29) is 17.4 Å². The lowest BCUT2D eigenvalue weighted by molar-refractivity contribution is -0.118. The smallest absolute Gasteiger partial charge is 0.257 e. The molecular formula is C18H17FN4O2S. The van der Waals surface area contributed by atoms with E-state index in [9.17, 15) is 14.0 Å². The predicted molar refractivity (Wildman–Crippen MR) is 101 cm³/mol. The number of anilines is 2. The zero-order valence-corrected chi connectivity index (χ0v) is 15.0. The van der Waals surface area contributed by atoms with Crippen molar-refractivity contribution in [3.8, 4) is 0 Å². The largest absolute Gasteiger partial charge is 0.331 e. The van der Waals surface area contributed by atoms with Gasteiger partial charge in [0.25, 0.3) is 5.91 Å². The Kier molecular flexibility index (Phi) is 4.85. The number of carbonyl (C=O) groups excluding carboxylic acids is 2. The molecule has 1 heterocycles. The maximum absolute atomic E-state index is 13.8. The number of nitrogens with one attached hydrogen (secondary N) is 4. The van der Waals surface area contributed by atoms with Crippen LogP contribution in [0.2, 0.25) is 0 Å². The lowest BCUT2D eigenvalue weighted by Crippen LogP contribution is -2.17. The average Bonchev–Trinajstić information content (AvgIpc) is 2.95. The van der Waals surface area contributed by atoms with Crippen molar-refractivity contribution in [1.82, 2.24) is 9.97 Å². The Morgan fingerprint density at radius 3 is 2.27 bits per heavy atom. The van der Waals surface area contributed by atoms with Gasteiger partial charge < -0.3 is 20.6 Å². The van der Waals surface area contributed by atoms with Crippen molar-refractivity contribution in [3.63, 3.8) is 0 Å². The van der Waals surface area contributed by atoms with Crippen LogP contribution in [0.25, 0.3) is 11.0 Å². The number of benzene rings is 2. The molecular weight excluding hydrogens is 355 g/mol. The van der Waals surface area contributed by atoms with Gasteiger partial charge in [-0.3, -0.25) is 9.59 Å². The fourth-order valence-electron chi connectivity index (χ4n) is 2.41. The van der Waals surface area contributed by atoms with Gasteiger partial charge in [-0.2, -0.15) is 0 Å². The van der Waals surface area contributed by atoms with Crippen LogP contribution in [0.3, 0.4) is 0 Å². The van der Waals surface area contributed by atoms with E-state index in [2.05, 4.69) is 20.6 Å². The first-order valence-electron chi connectivity index (χ1n) is 7.97. The summed E-state index contributed by atoms with van der Waals surface area (Å²) in [7, 11) is 0. The third-order valence-corrected chi connectivity index (χ3v) is 3.97. The number of hydrogen-bond acceptors (Lipinski definition) is 3. The molecule has 6 nitrogen and oxygen atoms in total. The van der Waals surface area contributed by atoms with Gasteiger partial charge in [0.2, 0.25) is 5.91 Å². The molecule has 3 aromatic rings. The molecule has 2 amide bonds. The molecule has 134 valence electrons. The molecule has 0 aliphatic rings. The van der Waals surface area contributed by atoms with E-state index in [1.54, 1.807) is 38.1 Å². The molecule has 3 rings (SSSR count). The third-order valence-electron chi connectivity index (χ3n) is 3.77. The Balaban J connectivity index is 1.80. The average molecular weight is 372 g/mol. The van der Waals surface area contributed by atoms with E-state index in [1.807, 2.05) is 0 Å². The summed E-state index contributed by atoms with van der Waals surface area (Å²) in [4.78, 5) is 29.9. The molecule has 2 aromatic carbocycles. The second-order valence-electron chi connectivity index (χ2n) is 6.13. The summed E-state index contributed by atoms with van der Waals surface area (Å²) in [5, 5.41) is 5.47. The van der Waals surface area contributed by atoms with Gasteiger partial charge in [-0.25, -0.2) is 4.39 Å². The van der Waals surface area contributed by atoms with E-state index in [4.69, 9.17) is 12.2 Å². The van der Waals surface area contributed by atoms with Crippen LogP contribution in [-0.2, 0) is 4.79 Å². The van der Waals surface area contributed by atoms with Gasteiger partial charge in [0, 0.05) is 17.3 Å². The molecule has 0 saturated carbocycles. The normalized spacial score (nSPS) is 10.9. The van der Waals surface area contributed by atoms with Crippen LogP contribution in [0.15, 0.2) is 36.4 Å². The number of amides is 2. The number of hydrogen-bond donors (Lipinski definition) is 4. The van der Waals surface area contributed by atoms with Crippen LogP contribution in [-0.4, -0.2) is 21.8 Å². The van der Waals surface area contributed by atoms with Crippen molar-refractivity contribution in [1.29, 1.82) is 0 Å². The summed E-state index contributed by atoms with van der Waals surface area (Å²) in [6, 6.07) is 9.09. The number of aromatic amines is 2. The molecule has 0 atom stereocenters. The van der Waals surface area contributed by atoms with Crippen molar-refractivity contribution in [2.45, 2.75) is 13.8 Å². The van der Waals surface area contributed by atoms with E-state index >= 15 is 0 Å². The summed E-state index contributed by atoms with van der Waals surface area (Å²) < 4.78 is 14.1. The second kappa shape index (κ2) is 7.09. The molecule has 0 aliphatic heterocycles. The number of imidazole rings is 1. The fourth-order valence-corrected chi connectivity index (χ4v) is 2.62. The zero-order chi connectivity index (χ0) is 18.8. The van der Waals surface area contributed by atoms with Crippen LogP contribution in [0.5, 0.6) is 0 Å². The minimum atomic E-state index is -0.542. The standard InChI is InChI=1S/C18H17FN4O2S/c1-9(2)16(24)20-11-3-5-12(6-4-11)21-17(25)13-7-10(19)8-14-15(13)23-18(26)22-14/h3-9H,1-2H3,(H,20,24)(H,21,25)(H2,22,23,26). The second-order valence-corrected chi connectivity index (χ2v) is 6.54. The number of carbonyl (C=O) groups is 2. The summed E-state index contributed by atoms with van der Waals surface area (Å²) >= 11 is 5.00. The highest BCUT2D eigenvalue weighted by molar-refractivity contribution is 7.71. The van der Waals surface area contributed by atoms with Gasteiger partial charge in [-0.15, -0.1) is 0 Å². The number of aromatic nitrogens is 2. The minimum absolute atomic E-state index is 0.0911. The highest BCUT2D eigenvalue weighted by atomic mass is 32.1. The maximum atomic E-state index is 13.8. The van der Waals surface area contributed by atoms with Crippen LogP contribution >= 0.6 is 12.2 Å². The Morgan fingerprint density at radius 1 is 1.04 bits per heavy atom. The van der Waals surface area contributed by atoms with E-state index in [0.717, 1.165) is 6.07 Å². The molecule has 4 N–H and O–H groups in total. The Hall–Kier alpha value is -3.00. The lowest BCUT2D eigenvalue weighted by Gasteiger charge is -2.10. The molecule has 0 unspecified atom stereocenters. The van der Waals surface area contributed by atoms with Crippen molar-refractivity contribution in [2.75, 3.05) is 10.6 Å². The highest BCUT2D eigenvalue weighted by Gasteiger charge is 2.14. The fraction of sp³-hybridized carbons (Fsp3) is 0.167. The van der Waals surface area contributed by atoms with E-state index < -0.39 is 11.7 Å². The highest BCUT2D eigenvalue weighted by Crippen LogP contribution is 2.20. The number of fused-ring (bicyclic) bond motifs is 1. The zero-order valence-electron chi connectivity index (χ0n) is 14.1. The molecule has 1 aromatic heterocycles. The quantitative estimate of drug-likeness (QED) is 0.517. The van der Waals surface area contributed by atoms with E-state index in [1.165, 1.54) is 6.07 Å². The van der Waals surface area contributed by atoms with Crippen LogP contribution in [0.1, 0.15) is 24.2 Å². The Morgan fingerprint density at radius 2 is 1.65 bits per heavy atom. The Bertz CT molecular complexity index is 1040. The summed E-state index contributed by atoms with van der Waals surface area (Å²) in [5.41, 5.74) is 2.15. The first-order valence-corrected chi connectivity index (χ1v) is 8.38. The van der Waals surface area contributed by atoms with Crippen molar-refractivity contribution in [3.05, 3.63) is 52.5 Å². The van der Waals surface area contributed by atoms with Gasteiger partial charge >= 0.3 is 0 Å². The molecule has 0 saturated heterocycles. The maximum Gasteiger partial charge on any atom is 0.257 e. The van der Waals surface area contributed by atoms with Gasteiger partial charge in [0.1, 0.15) is 5.82 Å². The summed E-state index contributed by atoms with van der Waals surface area (Å²) in [6.07, 6.45) is 0. The van der Waals surface area contributed by atoms with Crippen LogP contribution < -0.4 is 10.6 Å². The molecule has 0 spiro atoms. The summed E-state index contributed by atoms with van der Waals surface area (Å²) in [6.45, 7) is 3.60. The first kappa shape index (κ1) is 17.8. The predicted octanol–water partition coefficient (Wildman–Crippen LogP) is 4.21. The van der Waals surface area contributed by atoms with Gasteiger partial charge in [-0.1, -0.05) is 13.8 Å². The molecule has 26 heavy (non-hydrogen) atoms. The summed E-state index contributed by atoms with van der Waals surface area (Å²) in [5.74, 6) is -1.23. The molecule has 0 aliphatic carbocycles. The monoisotopic (exact) mass is 372 g/mol. The topological polar surface area (TPSA) is 89.8 Å². The molecule has 8 heteroatoms. The molecule has 0 bridgehead atoms. The lowest BCUT2D eigenvalue weighted by atomic mass is 10.1. The number of rotatable bonds is 4. The Labute approximate surface area is 153 Å². The van der Waals surface area contributed by atoms with E-state index in [0.29, 0.717) is 27.2 Å². The molecule has 0 radical (unpaired) electrons. The first-order chi connectivity index (χ1) is 12.3. The van der Waals surface area contributed by atoms with Gasteiger partial charge in [0.05, 0.1) is 16.6 Å². The van der Waals surface area contributed by atoms with Gasteiger partial charge in [-0.05, 0) is 48.6 Å². The van der Waals surface area contributed by atoms with Crippen molar-refractivity contribution in [2.24, 2.45) is 5.92 Å². The molecule has 0 fully saturated rings. The van der Waals surface area contributed by atoms with Crippen molar-refractivity contribution >= 4 is 46.4 Å². The van der Waals surface area contributed by atoms with Crippen LogP contribution in [0, 0.1) is 16.5 Å². The SMILES string of the molecule is CC(C)C(=O)Nc1ccc(NC(=O)c2cc(F)cc3[nH]c(=S)[nH]c23)cc1. The number of H-pyrrole nitrogens is 2. The van der Waals surface area contributed by atoms with Gasteiger partial charge in [0.15, 0.2) is 4.77 Å². The minimum Gasteiger partial charge on any atom is -0.331 e. The van der Waals surface area contributed by atoms with Crippen molar-refractivity contribution < 1.29 is 14.0 Å². The third kappa shape index (κ3) is 3.80. The number of halogens is 1. The van der Waals surface area contributed by atoms with Crippen LogP contribution in [0.4, 0.5) is 15.8 Å².